The second kappa shape index (κ2) is 6.16. The number of carbonyl (C=O) groups is 1. The first kappa shape index (κ1) is 13.4. The molecule has 0 aromatic heterocycles. The zero-order valence-electron chi connectivity index (χ0n) is 9.75. The van der Waals surface area contributed by atoms with Crippen molar-refractivity contribution in [2.75, 3.05) is 24.4 Å². The highest BCUT2D eigenvalue weighted by Gasteiger charge is 2.24. The average molecular weight is 248 g/mol. The van der Waals surface area contributed by atoms with Gasteiger partial charge in [0.05, 0.1) is 10.9 Å². The monoisotopic (exact) mass is 248 g/mol. The van der Waals surface area contributed by atoms with E-state index in [0.29, 0.717) is 12.2 Å². The number of carbonyl (C=O) groups excluding carboxylic acids is 1. The molecule has 15 heavy (non-hydrogen) atoms. The smallest absolute Gasteiger partial charge is 0.146 e. The number of hydrogen-bond donors (Lipinski definition) is 0. The van der Waals surface area contributed by atoms with Gasteiger partial charge in [-0.2, -0.15) is 11.8 Å². The second-order valence-corrected chi connectivity index (χ2v) is 6.82. The fraction of sp³-hybridized carbons (Fsp3) is 0.909. The normalized spacial score (nSPS) is 22.7. The lowest BCUT2D eigenvalue weighted by Gasteiger charge is -2.24. The molecule has 0 aromatic carbocycles. The first-order chi connectivity index (χ1) is 7.05. The van der Waals surface area contributed by atoms with Crippen molar-refractivity contribution in [3.63, 3.8) is 0 Å². The summed E-state index contributed by atoms with van der Waals surface area (Å²) in [5, 5.41) is 0.233. The van der Waals surface area contributed by atoms with E-state index in [-0.39, 0.29) is 10.9 Å². The summed E-state index contributed by atoms with van der Waals surface area (Å²) in [5.74, 6) is 3.71. The SMILES string of the molecule is COC(C)(C)CCC(=O)C1CSCCS1. The second-order valence-electron chi connectivity index (χ2n) is 4.36. The van der Waals surface area contributed by atoms with Crippen LogP contribution in [0.25, 0.3) is 0 Å². The van der Waals surface area contributed by atoms with Gasteiger partial charge in [0, 0.05) is 30.8 Å². The predicted octanol–water partition coefficient (Wildman–Crippen LogP) is 2.61. The van der Waals surface area contributed by atoms with E-state index in [4.69, 9.17) is 4.74 Å². The zero-order chi connectivity index (χ0) is 11.3. The lowest BCUT2D eigenvalue weighted by atomic mass is 10.00. The lowest BCUT2D eigenvalue weighted by Crippen LogP contribution is -2.28. The van der Waals surface area contributed by atoms with Crippen LogP contribution in [-0.2, 0) is 9.53 Å². The summed E-state index contributed by atoms with van der Waals surface area (Å²) in [4.78, 5) is 11.9. The van der Waals surface area contributed by atoms with E-state index in [0.717, 1.165) is 17.9 Å². The number of thioether (sulfide) groups is 2. The molecule has 1 fully saturated rings. The third kappa shape index (κ3) is 4.79. The van der Waals surface area contributed by atoms with Crippen molar-refractivity contribution in [3.8, 4) is 0 Å². The molecule has 2 nitrogen and oxygen atoms in total. The third-order valence-corrected chi connectivity index (χ3v) is 5.50. The standard InChI is InChI=1S/C11H20O2S2/c1-11(2,13-3)5-4-9(12)10-8-14-6-7-15-10/h10H,4-8H2,1-3H3. The molecule has 0 aromatic rings. The van der Waals surface area contributed by atoms with Crippen molar-refractivity contribution in [1.82, 2.24) is 0 Å². The molecule has 0 amide bonds. The van der Waals surface area contributed by atoms with Crippen LogP contribution >= 0.6 is 23.5 Å². The summed E-state index contributed by atoms with van der Waals surface area (Å²) in [6.07, 6.45) is 1.48. The van der Waals surface area contributed by atoms with Crippen molar-refractivity contribution in [2.45, 2.75) is 37.5 Å². The van der Waals surface area contributed by atoms with E-state index in [1.54, 1.807) is 7.11 Å². The summed E-state index contributed by atoms with van der Waals surface area (Å²) < 4.78 is 5.31. The maximum Gasteiger partial charge on any atom is 0.146 e. The van der Waals surface area contributed by atoms with Gasteiger partial charge in [0.2, 0.25) is 0 Å². The van der Waals surface area contributed by atoms with Crippen molar-refractivity contribution < 1.29 is 9.53 Å². The molecule has 0 spiro atoms. The number of hydrogen-bond acceptors (Lipinski definition) is 4. The highest BCUT2D eigenvalue weighted by molar-refractivity contribution is 8.07. The van der Waals surface area contributed by atoms with Gasteiger partial charge in [0.15, 0.2) is 0 Å². The average Bonchev–Trinajstić information content (AvgIpc) is 2.27. The van der Waals surface area contributed by atoms with Gasteiger partial charge >= 0.3 is 0 Å². The molecule has 0 N–H and O–H groups in total. The van der Waals surface area contributed by atoms with Gasteiger partial charge in [0.1, 0.15) is 5.78 Å². The fourth-order valence-electron chi connectivity index (χ4n) is 1.36. The zero-order valence-corrected chi connectivity index (χ0v) is 11.4. The van der Waals surface area contributed by atoms with Crippen molar-refractivity contribution in [1.29, 1.82) is 0 Å². The van der Waals surface area contributed by atoms with Crippen LogP contribution in [0.4, 0.5) is 0 Å². The highest BCUT2D eigenvalue weighted by Crippen LogP contribution is 2.27. The summed E-state index contributed by atoms with van der Waals surface area (Å²) >= 11 is 3.72. The van der Waals surface area contributed by atoms with Crippen LogP contribution in [0.15, 0.2) is 0 Å². The summed E-state index contributed by atoms with van der Waals surface area (Å²) in [6, 6.07) is 0. The van der Waals surface area contributed by atoms with Gasteiger partial charge in [-0.15, -0.1) is 11.8 Å². The third-order valence-electron chi connectivity index (χ3n) is 2.70. The van der Waals surface area contributed by atoms with E-state index < -0.39 is 0 Å². The van der Waals surface area contributed by atoms with Gasteiger partial charge in [-0.3, -0.25) is 4.79 Å². The number of ether oxygens (including phenoxy) is 1. The number of Topliss-reactive ketones (excluding diaryl/α,β-unsaturated/α-hetero) is 1. The Hall–Kier alpha value is 0.330. The van der Waals surface area contributed by atoms with Crippen LogP contribution in [0.1, 0.15) is 26.7 Å². The minimum absolute atomic E-state index is 0.165. The van der Waals surface area contributed by atoms with Crippen molar-refractivity contribution >= 4 is 29.3 Å². The highest BCUT2D eigenvalue weighted by atomic mass is 32.2. The topological polar surface area (TPSA) is 26.3 Å². The Kier molecular flexibility index (Phi) is 5.50. The van der Waals surface area contributed by atoms with Gasteiger partial charge in [0.25, 0.3) is 0 Å². The van der Waals surface area contributed by atoms with Crippen LogP contribution in [0.2, 0.25) is 0 Å². The van der Waals surface area contributed by atoms with E-state index >= 15 is 0 Å². The number of ketones is 1. The minimum Gasteiger partial charge on any atom is -0.379 e. The molecule has 1 atom stereocenters. The maximum atomic E-state index is 11.9. The Bertz CT molecular complexity index is 211. The Balaban J connectivity index is 2.28. The largest absolute Gasteiger partial charge is 0.379 e. The molecule has 1 aliphatic rings. The van der Waals surface area contributed by atoms with Gasteiger partial charge in [-0.1, -0.05) is 0 Å². The molecule has 1 unspecified atom stereocenters. The molecule has 0 bridgehead atoms. The first-order valence-electron chi connectivity index (χ1n) is 5.32. The summed E-state index contributed by atoms with van der Waals surface area (Å²) in [6.45, 7) is 4.06. The predicted molar refractivity (Wildman–Crippen MR) is 68.9 cm³/mol. The van der Waals surface area contributed by atoms with Crippen LogP contribution < -0.4 is 0 Å². The molecule has 0 radical (unpaired) electrons. The number of rotatable bonds is 5. The fourth-order valence-corrected chi connectivity index (χ4v) is 4.05. The Labute approximate surface area is 101 Å². The summed E-state index contributed by atoms with van der Waals surface area (Å²) in [5.41, 5.74) is -0.165. The van der Waals surface area contributed by atoms with E-state index in [9.17, 15) is 4.79 Å². The Morgan fingerprint density at radius 3 is 2.73 bits per heavy atom. The minimum atomic E-state index is -0.165. The van der Waals surface area contributed by atoms with Crippen LogP contribution in [0, 0.1) is 0 Å². The number of methoxy groups -OCH3 is 1. The molecular weight excluding hydrogens is 228 g/mol. The van der Waals surface area contributed by atoms with E-state index in [1.807, 2.05) is 37.4 Å². The molecule has 88 valence electrons. The van der Waals surface area contributed by atoms with Crippen molar-refractivity contribution in [2.24, 2.45) is 0 Å². The Morgan fingerprint density at radius 1 is 1.47 bits per heavy atom. The van der Waals surface area contributed by atoms with Gasteiger partial charge < -0.3 is 4.74 Å². The van der Waals surface area contributed by atoms with E-state index in [1.165, 1.54) is 5.75 Å². The molecule has 1 saturated heterocycles. The Morgan fingerprint density at radius 2 is 2.20 bits per heavy atom. The van der Waals surface area contributed by atoms with Crippen LogP contribution in [-0.4, -0.2) is 41.0 Å². The lowest BCUT2D eigenvalue weighted by molar-refractivity contribution is -0.119. The molecule has 0 saturated carbocycles. The molecule has 0 aliphatic carbocycles. The summed E-state index contributed by atoms with van der Waals surface area (Å²) in [7, 11) is 1.70. The van der Waals surface area contributed by atoms with Crippen LogP contribution in [0.5, 0.6) is 0 Å². The van der Waals surface area contributed by atoms with Crippen molar-refractivity contribution in [3.05, 3.63) is 0 Å². The molecule has 1 rings (SSSR count). The quantitative estimate of drug-likeness (QED) is 0.747. The molecular formula is C11H20O2S2. The maximum absolute atomic E-state index is 11.9. The first-order valence-corrected chi connectivity index (χ1v) is 7.53. The molecule has 1 heterocycles. The van der Waals surface area contributed by atoms with E-state index in [2.05, 4.69) is 0 Å². The van der Waals surface area contributed by atoms with Gasteiger partial charge in [-0.25, -0.2) is 0 Å². The van der Waals surface area contributed by atoms with Gasteiger partial charge in [-0.05, 0) is 20.3 Å². The van der Waals surface area contributed by atoms with Crippen LogP contribution in [0.3, 0.4) is 0 Å². The molecule has 1 aliphatic heterocycles. The molecule has 4 heteroatoms.